The number of rotatable bonds is 5. The molecule has 2 amide bonds. The first kappa shape index (κ1) is 15.5. The third-order valence-electron chi connectivity index (χ3n) is 2.20. The van der Waals surface area contributed by atoms with Gasteiger partial charge in [0.1, 0.15) is 0 Å². The predicted molar refractivity (Wildman–Crippen MR) is 74.6 cm³/mol. The second kappa shape index (κ2) is 7.10. The topological polar surface area (TPSA) is 87.7 Å². The largest absolute Gasteiger partial charge is 0.478 e. The van der Waals surface area contributed by atoms with Gasteiger partial charge in [-0.2, -0.15) is 0 Å². The lowest BCUT2D eigenvalue weighted by Crippen LogP contribution is -2.38. The summed E-state index contributed by atoms with van der Waals surface area (Å²) < 4.78 is 5.47. The maximum atomic E-state index is 11.6. The Bertz CT molecular complexity index is 479. The normalized spacial score (nSPS) is 11.7. The number of hydrogen-bond donors (Lipinski definition) is 3. The minimum absolute atomic E-state index is 0.0922. The number of carboxylic acids is 1. The highest BCUT2D eigenvalue weighted by Gasteiger charge is 2.10. The van der Waals surface area contributed by atoms with Crippen LogP contribution in [0.25, 0.3) is 0 Å². The Morgan fingerprint density at radius 1 is 1.42 bits per heavy atom. The van der Waals surface area contributed by atoms with E-state index < -0.39 is 12.0 Å². The van der Waals surface area contributed by atoms with Crippen LogP contribution in [-0.2, 0) is 4.74 Å². The highest BCUT2D eigenvalue weighted by molar-refractivity contribution is 9.10. The van der Waals surface area contributed by atoms with Gasteiger partial charge < -0.3 is 20.5 Å². The molecule has 0 spiro atoms. The maximum absolute atomic E-state index is 11.6. The number of carbonyl (C=O) groups is 2. The molecule has 0 saturated carbocycles. The molecule has 0 fully saturated rings. The molecule has 0 heterocycles. The molecule has 0 aliphatic carbocycles. The second-order valence-electron chi connectivity index (χ2n) is 3.99. The molecular formula is C12H15BrN2O4. The molecule has 1 aromatic rings. The summed E-state index contributed by atoms with van der Waals surface area (Å²) in [6.07, 6.45) is 0. The van der Waals surface area contributed by atoms with Gasteiger partial charge in [0.25, 0.3) is 0 Å². The summed E-state index contributed by atoms with van der Waals surface area (Å²) in [4.78, 5) is 22.5. The summed E-state index contributed by atoms with van der Waals surface area (Å²) in [5, 5.41) is 14.1. The van der Waals surface area contributed by atoms with E-state index in [2.05, 4.69) is 26.6 Å². The molecule has 0 saturated heterocycles. The molecule has 1 rings (SSSR count). The molecule has 1 aromatic carbocycles. The maximum Gasteiger partial charge on any atom is 0.335 e. The van der Waals surface area contributed by atoms with Crippen molar-refractivity contribution < 1.29 is 19.4 Å². The van der Waals surface area contributed by atoms with Crippen molar-refractivity contribution in [1.29, 1.82) is 0 Å². The van der Waals surface area contributed by atoms with E-state index in [-0.39, 0.29) is 11.6 Å². The number of methoxy groups -OCH3 is 1. The Hall–Kier alpha value is -1.60. The number of ether oxygens (including phenoxy) is 1. The third-order valence-corrected chi connectivity index (χ3v) is 2.65. The van der Waals surface area contributed by atoms with E-state index in [0.717, 1.165) is 0 Å². The number of benzene rings is 1. The van der Waals surface area contributed by atoms with Crippen LogP contribution in [0, 0.1) is 0 Å². The van der Waals surface area contributed by atoms with Crippen LogP contribution in [0.4, 0.5) is 10.5 Å². The number of anilines is 1. The van der Waals surface area contributed by atoms with E-state index in [1.165, 1.54) is 12.1 Å². The fraction of sp³-hybridized carbons (Fsp3) is 0.333. The first-order valence-electron chi connectivity index (χ1n) is 5.52. The second-order valence-corrected chi connectivity index (χ2v) is 4.90. The molecule has 0 bridgehead atoms. The third kappa shape index (κ3) is 5.27. The summed E-state index contributed by atoms with van der Waals surface area (Å²) in [7, 11) is 1.55. The number of carbonyl (C=O) groups excluding carboxylic acids is 1. The Balaban J connectivity index is 2.71. The van der Waals surface area contributed by atoms with E-state index in [9.17, 15) is 9.59 Å². The zero-order valence-electron chi connectivity index (χ0n) is 10.6. The number of amides is 2. The van der Waals surface area contributed by atoms with Crippen molar-refractivity contribution in [2.45, 2.75) is 13.0 Å². The van der Waals surface area contributed by atoms with Crippen LogP contribution in [0.15, 0.2) is 22.7 Å². The van der Waals surface area contributed by atoms with Crippen LogP contribution in [0.2, 0.25) is 0 Å². The van der Waals surface area contributed by atoms with E-state index in [1.54, 1.807) is 20.1 Å². The van der Waals surface area contributed by atoms with Gasteiger partial charge in [-0.15, -0.1) is 0 Å². The monoisotopic (exact) mass is 330 g/mol. The molecule has 6 nitrogen and oxygen atoms in total. The van der Waals surface area contributed by atoms with Gasteiger partial charge in [0.2, 0.25) is 0 Å². The number of hydrogen-bond acceptors (Lipinski definition) is 3. The summed E-state index contributed by atoms with van der Waals surface area (Å²) >= 11 is 3.19. The van der Waals surface area contributed by atoms with Gasteiger partial charge in [-0.1, -0.05) is 15.9 Å². The lowest BCUT2D eigenvalue weighted by Gasteiger charge is -2.14. The molecule has 3 N–H and O–H groups in total. The summed E-state index contributed by atoms with van der Waals surface area (Å²) in [5.41, 5.74) is 0.489. The Kier molecular flexibility index (Phi) is 5.78. The van der Waals surface area contributed by atoms with Crippen LogP contribution in [-0.4, -0.2) is 36.9 Å². The van der Waals surface area contributed by atoms with Crippen molar-refractivity contribution in [2.75, 3.05) is 19.0 Å². The minimum Gasteiger partial charge on any atom is -0.478 e. The van der Waals surface area contributed by atoms with Crippen molar-refractivity contribution in [3.8, 4) is 0 Å². The first-order chi connectivity index (χ1) is 8.92. The lowest BCUT2D eigenvalue weighted by atomic mass is 10.2. The number of urea groups is 1. The number of nitrogens with one attached hydrogen (secondary N) is 2. The van der Waals surface area contributed by atoms with Gasteiger partial charge in [-0.3, -0.25) is 0 Å². The molecule has 1 unspecified atom stereocenters. The zero-order valence-corrected chi connectivity index (χ0v) is 12.2. The number of aromatic carboxylic acids is 1. The van der Waals surface area contributed by atoms with E-state index in [1.807, 2.05) is 0 Å². The smallest absolute Gasteiger partial charge is 0.335 e. The van der Waals surface area contributed by atoms with Gasteiger partial charge in [0.15, 0.2) is 0 Å². The standard InChI is InChI=1S/C12H15BrN2O4/c1-7(6-19-2)14-12(18)15-10-4-8(11(16)17)3-9(13)5-10/h3-5,7H,6H2,1-2H3,(H,16,17)(H2,14,15,18). The number of carboxylic acid groups (broad SMARTS) is 1. The minimum atomic E-state index is -1.06. The van der Waals surface area contributed by atoms with E-state index in [4.69, 9.17) is 9.84 Å². The van der Waals surface area contributed by atoms with Crippen LogP contribution < -0.4 is 10.6 Å². The fourth-order valence-corrected chi connectivity index (χ4v) is 1.96. The lowest BCUT2D eigenvalue weighted by molar-refractivity contribution is 0.0697. The van der Waals surface area contributed by atoms with Crippen LogP contribution in [0.1, 0.15) is 17.3 Å². The molecule has 0 aliphatic heterocycles. The first-order valence-corrected chi connectivity index (χ1v) is 6.32. The quantitative estimate of drug-likeness (QED) is 0.773. The van der Waals surface area contributed by atoms with Gasteiger partial charge in [-0.05, 0) is 25.1 Å². The molecule has 0 radical (unpaired) electrons. The van der Waals surface area contributed by atoms with E-state index in [0.29, 0.717) is 16.8 Å². The zero-order chi connectivity index (χ0) is 14.4. The van der Waals surface area contributed by atoms with Crippen LogP contribution in [0.5, 0.6) is 0 Å². The SMILES string of the molecule is COCC(C)NC(=O)Nc1cc(Br)cc(C(=O)O)c1. The average molecular weight is 331 g/mol. The number of halogens is 1. The Labute approximate surface area is 119 Å². The summed E-state index contributed by atoms with van der Waals surface area (Å²) in [6, 6.07) is 3.90. The van der Waals surface area contributed by atoms with E-state index >= 15 is 0 Å². The highest BCUT2D eigenvalue weighted by atomic mass is 79.9. The molecule has 1 atom stereocenters. The van der Waals surface area contributed by atoms with Gasteiger partial charge >= 0.3 is 12.0 Å². The highest BCUT2D eigenvalue weighted by Crippen LogP contribution is 2.19. The fourth-order valence-electron chi connectivity index (χ4n) is 1.47. The van der Waals surface area contributed by atoms with Crippen LogP contribution >= 0.6 is 15.9 Å². The summed E-state index contributed by atoms with van der Waals surface area (Å²) in [5.74, 6) is -1.06. The predicted octanol–water partition coefficient (Wildman–Crippen LogP) is 2.30. The van der Waals surface area contributed by atoms with Gasteiger partial charge in [0, 0.05) is 17.3 Å². The average Bonchev–Trinajstić information content (AvgIpc) is 2.27. The van der Waals surface area contributed by atoms with Crippen molar-refractivity contribution in [3.63, 3.8) is 0 Å². The molecule has 7 heteroatoms. The van der Waals surface area contributed by atoms with Crippen molar-refractivity contribution in [3.05, 3.63) is 28.2 Å². The molecule has 0 aliphatic rings. The van der Waals surface area contributed by atoms with Crippen molar-refractivity contribution in [1.82, 2.24) is 5.32 Å². The molecule has 19 heavy (non-hydrogen) atoms. The van der Waals surface area contributed by atoms with Crippen molar-refractivity contribution >= 4 is 33.6 Å². The molecule has 0 aromatic heterocycles. The van der Waals surface area contributed by atoms with Crippen LogP contribution in [0.3, 0.4) is 0 Å². The van der Waals surface area contributed by atoms with Gasteiger partial charge in [0.05, 0.1) is 18.2 Å². The Morgan fingerprint density at radius 3 is 2.68 bits per heavy atom. The molecule has 104 valence electrons. The van der Waals surface area contributed by atoms with Crippen molar-refractivity contribution in [2.24, 2.45) is 0 Å². The molecular weight excluding hydrogens is 316 g/mol. The summed E-state index contributed by atoms with van der Waals surface area (Å²) in [6.45, 7) is 2.19. The van der Waals surface area contributed by atoms with Gasteiger partial charge in [-0.25, -0.2) is 9.59 Å². The Morgan fingerprint density at radius 2 is 2.11 bits per heavy atom.